The van der Waals surface area contributed by atoms with E-state index in [-0.39, 0.29) is 18.3 Å². The summed E-state index contributed by atoms with van der Waals surface area (Å²) in [6.45, 7) is 0.632. The standard InChI is InChI=1S/C31H27BrN4O4/c1-39-28-14-8-22(17-25(28)32)31(38)34-24-9-3-19(4-10-24)18-33-23-11-6-21(7-12-23)30-35-26-13-5-20(15-27(26)36-30)16-29(37)40-2/h3-15,17,33H,16,18H2,1-2H3,(H,34,38)(H,35,36). The van der Waals surface area contributed by atoms with Crippen molar-refractivity contribution in [2.24, 2.45) is 0 Å². The Labute approximate surface area is 239 Å². The number of nitrogens with one attached hydrogen (secondary N) is 3. The number of esters is 1. The number of aromatic amines is 1. The summed E-state index contributed by atoms with van der Waals surface area (Å²) in [5, 5.41) is 6.34. The van der Waals surface area contributed by atoms with Gasteiger partial charge in [0.25, 0.3) is 5.91 Å². The van der Waals surface area contributed by atoms with Crippen LogP contribution in [-0.2, 0) is 22.5 Å². The highest BCUT2D eigenvalue weighted by Gasteiger charge is 2.11. The second kappa shape index (κ2) is 12.0. The number of hydrogen-bond donors (Lipinski definition) is 3. The number of rotatable bonds is 9. The number of methoxy groups -OCH3 is 2. The number of fused-ring (bicyclic) bond motifs is 1. The molecule has 1 heterocycles. The zero-order valence-electron chi connectivity index (χ0n) is 22.0. The number of amides is 1. The lowest BCUT2D eigenvalue weighted by atomic mass is 10.1. The molecule has 4 aromatic carbocycles. The normalized spacial score (nSPS) is 10.8. The highest BCUT2D eigenvalue weighted by atomic mass is 79.9. The zero-order chi connectivity index (χ0) is 28.1. The molecule has 1 amide bonds. The number of nitrogens with zero attached hydrogens (tertiary/aromatic N) is 1. The minimum absolute atomic E-state index is 0.194. The first-order valence-electron chi connectivity index (χ1n) is 12.6. The molecule has 8 nitrogen and oxygen atoms in total. The maximum Gasteiger partial charge on any atom is 0.309 e. The van der Waals surface area contributed by atoms with Crippen molar-refractivity contribution >= 4 is 50.2 Å². The summed E-state index contributed by atoms with van der Waals surface area (Å²) in [4.78, 5) is 32.2. The quantitative estimate of drug-likeness (QED) is 0.165. The fraction of sp³-hybridized carbons (Fsp3) is 0.129. The van der Waals surface area contributed by atoms with Gasteiger partial charge in [0.1, 0.15) is 11.6 Å². The van der Waals surface area contributed by atoms with Crippen molar-refractivity contribution in [2.75, 3.05) is 24.9 Å². The van der Waals surface area contributed by atoms with E-state index in [2.05, 4.69) is 36.5 Å². The first kappa shape index (κ1) is 27.0. The molecule has 9 heteroatoms. The van der Waals surface area contributed by atoms with Crippen molar-refractivity contribution in [2.45, 2.75) is 13.0 Å². The van der Waals surface area contributed by atoms with Gasteiger partial charge in [-0.2, -0.15) is 0 Å². The van der Waals surface area contributed by atoms with E-state index in [9.17, 15) is 9.59 Å². The van der Waals surface area contributed by atoms with Crippen LogP contribution >= 0.6 is 15.9 Å². The van der Waals surface area contributed by atoms with E-state index in [0.717, 1.165) is 43.7 Å². The molecule has 0 aliphatic carbocycles. The summed E-state index contributed by atoms with van der Waals surface area (Å²) in [5.74, 6) is 0.963. The second-order valence-corrected chi connectivity index (χ2v) is 9.98. The van der Waals surface area contributed by atoms with Crippen LogP contribution in [0.2, 0.25) is 0 Å². The Bertz CT molecular complexity index is 1660. The molecule has 5 rings (SSSR count). The SMILES string of the molecule is COC(=O)Cc1ccc2nc(-c3ccc(NCc4ccc(NC(=O)c5ccc(OC)c(Br)c5)cc4)cc3)[nH]c2c1. The van der Waals surface area contributed by atoms with E-state index in [1.165, 1.54) is 7.11 Å². The molecule has 0 aliphatic rings. The lowest BCUT2D eigenvalue weighted by Gasteiger charge is -2.10. The van der Waals surface area contributed by atoms with Crippen molar-refractivity contribution in [3.8, 4) is 17.1 Å². The molecule has 202 valence electrons. The van der Waals surface area contributed by atoms with Gasteiger partial charge in [0, 0.05) is 29.0 Å². The van der Waals surface area contributed by atoms with Crippen molar-refractivity contribution in [3.05, 3.63) is 106 Å². The average molecular weight is 599 g/mol. The van der Waals surface area contributed by atoms with Crippen molar-refractivity contribution in [1.29, 1.82) is 0 Å². The third kappa shape index (κ3) is 6.32. The molecule has 0 aliphatic heterocycles. The summed E-state index contributed by atoms with van der Waals surface area (Å²) < 4.78 is 10.7. The van der Waals surface area contributed by atoms with Crippen LogP contribution in [-0.4, -0.2) is 36.1 Å². The van der Waals surface area contributed by atoms with Gasteiger partial charge in [-0.3, -0.25) is 9.59 Å². The summed E-state index contributed by atoms with van der Waals surface area (Å²) >= 11 is 3.41. The predicted octanol–water partition coefficient (Wildman–Crippen LogP) is 6.58. The smallest absolute Gasteiger partial charge is 0.309 e. The van der Waals surface area contributed by atoms with Crippen molar-refractivity contribution < 1.29 is 19.1 Å². The number of carbonyl (C=O) groups excluding carboxylic acids is 2. The topological polar surface area (TPSA) is 105 Å². The highest BCUT2D eigenvalue weighted by molar-refractivity contribution is 9.10. The number of ether oxygens (including phenoxy) is 2. The first-order valence-corrected chi connectivity index (χ1v) is 13.3. The first-order chi connectivity index (χ1) is 19.4. The number of hydrogen-bond acceptors (Lipinski definition) is 6. The summed E-state index contributed by atoms with van der Waals surface area (Å²) in [5.41, 5.74) is 6.84. The number of anilines is 2. The summed E-state index contributed by atoms with van der Waals surface area (Å²) in [6, 6.07) is 26.7. The third-order valence-corrected chi connectivity index (χ3v) is 7.02. The largest absolute Gasteiger partial charge is 0.496 e. The van der Waals surface area contributed by atoms with Gasteiger partial charge < -0.3 is 25.1 Å². The van der Waals surface area contributed by atoms with E-state index in [1.54, 1.807) is 25.3 Å². The van der Waals surface area contributed by atoms with Crippen molar-refractivity contribution in [3.63, 3.8) is 0 Å². The average Bonchev–Trinajstić information content (AvgIpc) is 3.40. The lowest BCUT2D eigenvalue weighted by molar-refractivity contribution is -0.139. The molecule has 0 saturated carbocycles. The van der Waals surface area contributed by atoms with Crippen molar-refractivity contribution in [1.82, 2.24) is 9.97 Å². The number of aromatic nitrogens is 2. The van der Waals surface area contributed by atoms with E-state index < -0.39 is 0 Å². The lowest BCUT2D eigenvalue weighted by Crippen LogP contribution is -2.12. The van der Waals surface area contributed by atoms with Gasteiger partial charge in [-0.1, -0.05) is 18.2 Å². The van der Waals surface area contributed by atoms with Crippen LogP contribution in [0.3, 0.4) is 0 Å². The maximum absolute atomic E-state index is 12.6. The molecule has 0 saturated heterocycles. The Morgan fingerprint density at radius 3 is 2.30 bits per heavy atom. The van der Waals surface area contributed by atoms with Crippen LogP contribution in [0, 0.1) is 0 Å². The highest BCUT2D eigenvalue weighted by Crippen LogP contribution is 2.26. The molecule has 0 bridgehead atoms. The van der Waals surface area contributed by atoms with Gasteiger partial charge in [0.15, 0.2) is 0 Å². The molecule has 0 unspecified atom stereocenters. The van der Waals surface area contributed by atoms with Gasteiger partial charge in [0.2, 0.25) is 0 Å². The van der Waals surface area contributed by atoms with Gasteiger partial charge in [0.05, 0.1) is 36.1 Å². The molecule has 1 aromatic heterocycles. The van der Waals surface area contributed by atoms with E-state index in [1.807, 2.05) is 66.7 Å². The van der Waals surface area contributed by atoms with E-state index >= 15 is 0 Å². The Morgan fingerprint density at radius 2 is 1.60 bits per heavy atom. The number of halogens is 1. The maximum atomic E-state index is 12.6. The van der Waals surface area contributed by atoms with Gasteiger partial charge in [-0.25, -0.2) is 4.98 Å². The van der Waals surface area contributed by atoms with Gasteiger partial charge >= 0.3 is 5.97 Å². The van der Waals surface area contributed by atoms with Crippen LogP contribution in [0.5, 0.6) is 5.75 Å². The van der Waals surface area contributed by atoms with Gasteiger partial charge in [-0.05, 0) is 93.8 Å². The second-order valence-electron chi connectivity index (χ2n) is 9.12. The molecule has 40 heavy (non-hydrogen) atoms. The third-order valence-electron chi connectivity index (χ3n) is 6.40. The molecule has 3 N–H and O–H groups in total. The number of imidazole rings is 1. The Hall–Kier alpha value is -4.63. The van der Waals surface area contributed by atoms with Crippen LogP contribution < -0.4 is 15.4 Å². The predicted molar refractivity (Wildman–Crippen MR) is 160 cm³/mol. The minimum atomic E-state index is -0.275. The Balaban J connectivity index is 1.17. The summed E-state index contributed by atoms with van der Waals surface area (Å²) in [6.07, 6.45) is 0.223. The zero-order valence-corrected chi connectivity index (χ0v) is 23.5. The fourth-order valence-electron chi connectivity index (χ4n) is 4.21. The van der Waals surface area contributed by atoms with Crippen LogP contribution in [0.15, 0.2) is 89.4 Å². The molecule has 0 spiro atoms. The molecule has 5 aromatic rings. The number of carbonyl (C=O) groups is 2. The monoisotopic (exact) mass is 598 g/mol. The van der Waals surface area contributed by atoms with Crippen LogP contribution in [0.4, 0.5) is 11.4 Å². The van der Waals surface area contributed by atoms with E-state index in [4.69, 9.17) is 9.47 Å². The molecule has 0 radical (unpaired) electrons. The number of benzene rings is 4. The van der Waals surface area contributed by atoms with Crippen LogP contribution in [0.25, 0.3) is 22.4 Å². The van der Waals surface area contributed by atoms with Gasteiger partial charge in [-0.15, -0.1) is 0 Å². The Morgan fingerprint density at radius 1 is 0.875 bits per heavy atom. The summed E-state index contributed by atoms with van der Waals surface area (Å²) in [7, 11) is 2.97. The minimum Gasteiger partial charge on any atom is -0.496 e. The molecular formula is C31H27BrN4O4. The number of H-pyrrole nitrogens is 1. The molecule has 0 fully saturated rings. The molecule has 0 atom stereocenters. The molecular weight excluding hydrogens is 572 g/mol. The van der Waals surface area contributed by atoms with Crippen LogP contribution in [0.1, 0.15) is 21.5 Å². The Kier molecular flexibility index (Phi) is 8.12. The van der Waals surface area contributed by atoms with E-state index in [0.29, 0.717) is 23.5 Å². The fourth-order valence-corrected chi connectivity index (χ4v) is 4.75.